The van der Waals surface area contributed by atoms with Crippen molar-refractivity contribution in [1.29, 1.82) is 0 Å². The molecule has 2 aromatic heterocycles. The molecule has 2 atom stereocenters. The Morgan fingerprint density at radius 2 is 2.17 bits per heavy atom. The number of anilines is 2. The van der Waals surface area contributed by atoms with Gasteiger partial charge in [-0.1, -0.05) is 12.8 Å². The molecule has 0 radical (unpaired) electrons. The summed E-state index contributed by atoms with van der Waals surface area (Å²) in [6, 6.07) is 0.405. The van der Waals surface area contributed by atoms with E-state index >= 15 is 0 Å². The fraction of sp³-hybridized carbons (Fsp3) is 0.643. The predicted molar refractivity (Wildman–Crippen MR) is 82.6 cm³/mol. The number of nitrogens with zero attached hydrogens (tertiary/aromatic N) is 4. The summed E-state index contributed by atoms with van der Waals surface area (Å²) in [5, 5.41) is 12.5. The van der Waals surface area contributed by atoms with E-state index in [9.17, 15) is 0 Å². The second-order valence-electron chi connectivity index (χ2n) is 5.92. The van der Waals surface area contributed by atoms with Crippen LogP contribution in [0.1, 0.15) is 31.9 Å². The first-order valence-electron chi connectivity index (χ1n) is 7.89. The van der Waals surface area contributed by atoms with Gasteiger partial charge in [-0.3, -0.25) is 4.57 Å². The van der Waals surface area contributed by atoms with Crippen molar-refractivity contribution in [2.75, 3.05) is 24.3 Å². The molecule has 3 heterocycles. The molecule has 0 bridgehead atoms. The van der Waals surface area contributed by atoms with Gasteiger partial charge in [0.15, 0.2) is 29.5 Å². The number of hydrogen-bond donors (Lipinski definition) is 3. The Hall–Kier alpha value is -1.97. The number of aromatic nitrogens is 4. The zero-order valence-corrected chi connectivity index (χ0v) is 12.7. The van der Waals surface area contributed by atoms with Gasteiger partial charge in [0.1, 0.15) is 0 Å². The molecule has 0 spiro atoms. The predicted octanol–water partition coefficient (Wildman–Crippen LogP) is 0.627. The zero-order chi connectivity index (χ0) is 15.8. The maximum absolute atomic E-state index is 9.11. The molecule has 2 aliphatic rings. The van der Waals surface area contributed by atoms with Gasteiger partial charge in [-0.05, 0) is 12.8 Å². The summed E-state index contributed by atoms with van der Waals surface area (Å²) in [5.74, 6) is 0.855. The summed E-state index contributed by atoms with van der Waals surface area (Å²) in [6.45, 7) is 0.140. The lowest BCUT2D eigenvalue weighted by Crippen LogP contribution is -2.17. The highest BCUT2D eigenvalue weighted by atomic mass is 16.7. The number of nitrogen functional groups attached to an aromatic ring is 1. The van der Waals surface area contributed by atoms with Crippen molar-refractivity contribution in [1.82, 2.24) is 19.5 Å². The van der Waals surface area contributed by atoms with E-state index in [1.54, 1.807) is 10.9 Å². The summed E-state index contributed by atoms with van der Waals surface area (Å²) < 4.78 is 12.7. The molecule has 23 heavy (non-hydrogen) atoms. The third kappa shape index (κ3) is 2.71. The molecule has 9 nitrogen and oxygen atoms in total. The van der Waals surface area contributed by atoms with Crippen LogP contribution in [0.25, 0.3) is 11.2 Å². The largest absolute Gasteiger partial charge is 0.391 e. The molecule has 1 aliphatic heterocycles. The van der Waals surface area contributed by atoms with Crippen LogP contribution >= 0.6 is 0 Å². The monoisotopic (exact) mass is 320 g/mol. The van der Waals surface area contributed by atoms with Gasteiger partial charge >= 0.3 is 0 Å². The standard InChI is InChI=1S/C14H20N6O3/c15-14-18-12(17-8-3-1-2-4-8)11-13(19-14)20(7-16-11)9-6-22-10(5-21)23-9/h7-10,21H,1-6H2,(H3,15,17,18,19)/t9-,10-/m0/s1. The first kappa shape index (κ1) is 14.6. The molecule has 1 aliphatic carbocycles. The van der Waals surface area contributed by atoms with Crippen molar-refractivity contribution in [3.8, 4) is 0 Å². The van der Waals surface area contributed by atoms with Gasteiger partial charge in [0.2, 0.25) is 5.95 Å². The summed E-state index contributed by atoms with van der Waals surface area (Å²) in [6.07, 6.45) is 5.36. The van der Waals surface area contributed by atoms with Gasteiger partial charge < -0.3 is 25.6 Å². The van der Waals surface area contributed by atoms with E-state index in [1.807, 2.05) is 0 Å². The van der Waals surface area contributed by atoms with Crippen LogP contribution in [0.4, 0.5) is 11.8 Å². The lowest BCUT2D eigenvalue weighted by Gasteiger charge is -2.14. The molecular formula is C14H20N6O3. The number of nitrogens with two attached hydrogens (primary N) is 1. The molecular weight excluding hydrogens is 300 g/mol. The zero-order valence-electron chi connectivity index (χ0n) is 12.7. The van der Waals surface area contributed by atoms with Crippen molar-refractivity contribution in [2.24, 2.45) is 0 Å². The van der Waals surface area contributed by atoms with Crippen molar-refractivity contribution < 1.29 is 14.6 Å². The quantitative estimate of drug-likeness (QED) is 0.750. The van der Waals surface area contributed by atoms with Crippen LogP contribution in [0.3, 0.4) is 0 Å². The maximum Gasteiger partial charge on any atom is 0.224 e. The number of ether oxygens (including phenoxy) is 2. The minimum atomic E-state index is -0.618. The van der Waals surface area contributed by atoms with E-state index in [0.29, 0.717) is 29.6 Å². The van der Waals surface area contributed by atoms with Gasteiger partial charge in [-0.25, -0.2) is 4.98 Å². The van der Waals surface area contributed by atoms with Crippen LogP contribution in [-0.2, 0) is 9.47 Å². The number of aliphatic hydroxyl groups excluding tert-OH is 1. The normalized spacial score (nSPS) is 25.4. The molecule has 1 saturated carbocycles. The Labute approximate surface area is 132 Å². The Bertz CT molecular complexity index is 699. The molecule has 4 rings (SSSR count). The highest BCUT2D eigenvalue weighted by molar-refractivity contribution is 5.84. The van der Waals surface area contributed by atoms with E-state index in [0.717, 1.165) is 12.8 Å². The lowest BCUT2D eigenvalue weighted by atomic mass is 10.2. The lowest BCUT2D eigenvalue weighted by molar-refractivity contribution is -0.0980. The van der Waals surface area contributed by atoms with E-state index in [-0.39, 0.29) is 18.8 Å². The van der Waals surface area contributed by atoms with Crippen molar-refractivity contribution in [3.05, 3.63) is 6.33 Å². The second-order valence-corrected chi connectivity index (χ2v) is 5.92. The fourth-order valence-corrected chi connectivity index (χ4v) is 3.19. The highest BCUT2D eigenvalue weighted by Gasteiger charge is 2.29. The molecule has 2 aromatic rings. The first-order chi connectivity index (χ1) is 11.2. The molecule has 0 amide bonds. The number of imidazole rings is 1. The average Bonchev–Trinajstić information content (AvgIpc) is 3.26. The first-order valence-corrected chi connectivity index (χ1v) is 7.89. The van der Waals surface area contributed by atoms with Gasteiger partial charge in [0.05, 0.1) is 19.5 Å². The Morgan fingerprint density at radius 1 is 1.35 bits per heavy atom. The number of fused-ring (bicyclic) bond motifs is 1. The Morgan fingerprint density at radius 3 is 2.91 bits per heavy atom. The average molecular weight is 320 g/mol. The van der Waals surface area contributed by atoms with Crippen LogP contribution < -0.4 is 11.1 Å². The Balaban J connectivity index is 1.67. The van der Waals surface area contributed by atoms with Crippen LogP contribution in [0.5, 0.6) is 0 Å². The number of hydrogen-bond acceptors (Lipinski definition) is 8. The van der Waals surface area contributed by atoms with Crippen LogP contribution in [0.2, 0.25) is 0 Å². The van der Waals surface area contributed by atoms with E-state index < -0.39 is 6.29 Å². The van der Waals surface area contributed by atoms with E-state index in [2.05, 4.69) is 20.3 Å². The summed E-state index contributed by atoms with van der Waals surface area (Å²) >= 11 is 0. The summed E-state index contributed by atoms with van der Waals surface area (Å²) in [5.41, 5.74) is 7.13. The van der Waals surface area contributed by atoms with E-state index in [1.165, 1.54) is 12.8 Å². The highest BCUT2D eigenvalue weighted by Crippen LogP contribution is 2.29. The van der Waals surface area contributed by atoms with Crippen LogP contribution in [0.15, 0.2) is 6.33 Å². The van der Waals surface area contributed by atoms with Gasteiger partial charge in [0.25, 0.3) is 0 Å². The van der Waals surface area contributed by atoms with Gasteiger partial charge in [0, 0.05) is 6.04 Å². The molecule has 0 unspecified atom stereocenters. The number of aliphatic hydroxyl groups is 1. The van der Waals surface area contributed by atoms with Crippen molar-refractivity contribution in [2.45, 2.75) is 44.2 Å². The molecule has 124 valence electrons. The minimum Gasteiger partial charge on any atom is -0.391 e. The summed E-state index contributed by atoms with van der Waals surface area (Å²) in [7, 11) is 0. The SMILES string of the molecule is Nc1nc(NC2CCCC2)c2ncn([C@@H]3CO[C@H](CO)O3)c2n1. The number of rotatable bonds is 4. The Kier molecular flexibility index (Phi) is 3.76. The third-order valence-electron chi connectivity index (χ3n) is 4.33. The van der Waals surface area contributed by atoms with E-state index in [4.69, 9.17) is 20.3 Å². The van der Waals surface area contributed by atoms with Crippen molar-refractivity contribution >= 4 is 22.9 Å². The molecule has 9 heteroatoms. The maximum atomic E-state index is 9.11. The van der Waals surface area contributed by atoms with Crippen LogP contribution in [-0.4, -0.2) is 50.2 Å². The smallest absolute Gasteiger partial charge is 0.224 e. The fourth-order valence-electron chi connectivity index (χ4n) is 3.19. The molecule has 4 N–H and O–H groups in total. The van der Waals surface area contributed by atoms with Gasteiger partial charge in [-0.15, -0.1) is 0 Å². The number of nitrogens with one attached hydrogen (secondary N) is 1. The minimum absolute atomic E-state index is 0.186. The molecule has 0 aromatic carbocycles. The summed E-state index contributed by atoms with van der Waals surface area (Å²) in [4.78, 5) is 13.0. The van der Waals surface area contributed by atoms with Crippen molar-refractivity contribution in [3.63, 3.8) is 0 Å². The molecule has 2 fully saturated rings. The van der Waals surface area contributed by atoms with Gasteiger partial charge in [-0.2, -0.15) is 9.97 Å². The van der Waals surface area contributed by atoms with Crippen LogP contribution in [0, 0.1) is 0 Å². The third-order valence-corrected chi connectivity index (χ3v) is 4.33. The second kappa shape index (κ2) is 5.91. The molecule has 1 saturated heterocycles. The topological polar surface area (TPSA) is 120 Å².